The van der Waals surface area contributed by atoms with Crippen molar-refractivity contribution in [1.29, 1.82) is 0 Å². The minimum Gasteiger partial charge on any atom is -0.453 e. The minimum absolute atomic E-state index is 0.149. The molecule has 0 saturated carbocycles. The van der Waals surface area contributed by atoms with E-state index in [4.69, 9.17) is 10.5 Å². The maximum absolute atomic E-state index is 12.4. The average Bonchev–Trinajstić information content (AvgIpc) is 2.89. The van der Waals surface area contributed by atoms with Crippen molar-refractivity contribution in [2.24, 2.45) is 0 Å². The molecule has 0 amide bonds. The number of ether oxygens (including phenoxy) is 1. The molecule has 1 aliphatic carbocycles. The molecule has 1 aromatic heterocycles. The summed E-state index contributed by atoms with van der Waals surface area (Å²) in [5, 5.41) is 0. The zero-order valence-electron chi connectivity index (χ0n) is 12.2. The van der Waals surface area contributed by atoms with Gasteiger partial charge in [-0.05, 0) is 43.4 Å². The third-order valence-corrected chi connectivity index (χ3v) is 4.03. The molecule has 0 aliphatic heterocycles. The van der Waals surface area contributed by atoms with Gasteiger partial charge in [0.1, 0.15) is 11.8 Å². The molecule has 110 valence electrons. The molecular formula is C17H20N2O2. The van der Waals surface area contributed by atoms with E-state index in [0.29, 0.717) is 17.9 Å². The maximum atomic E-state index is 12.4. The van der Waals surface area contributed by atoms with Crippen LogP contribution in [0.3, 0.4) is 0 Å². The third kappa shape index (κ3) is 2.66. The van der Waals surface area contributed by atoms with E-state index < -0.39 is 0 Å². The van der Waals surface area contributed by atoms with Crippen LogP contribution >= 0.6 is 0 Å². The first-order chi connectivity index (χ1) is 10.2. The molecule has 2 aromatic rings. The smallest absolute Gasteiger partial charge is 0.355 e. The monoisotopic (exact) mass is 284 g/mol. The van der Waals surface area contributed by atoms with Crippen LogP contribution in [0, 0.1) is 0 Å². The Labute approximate surface area is 124 Å². The zero-order chi connectivity index (χ0) is 14.8. The van der Waals surface area contributed by atoms with E-state index in [1.54, 1.807) is 12.3 Å². The molecule has 3 rings (SSSR count). The molecule has 1 aromatic carbocycles. The van der Waals surface area contributed by atoms with Crippen molar-refractivity contribution in [3.05, 3.63) is 53.3 Å². The second-order valence-electron chi connectivity index (χ2n) is 5.43. The van der Waals surface area contributed by atoms with Gasteiger partial charge in [-0.1, -0.05) is 24.3 Å². The number of nitrogen functional groups attached to an aromatic ring is 1. The Morgan fingerprint density at radius 2 is 2.24 bits per heavy atom. The summed E-state index contributed by atoms with van der Waals surface area (Å²) < 4.78 is 7.57. The first-order valence-corrected chi connectivity index (χ1v) is 7.43. The van der Waals surface area contributed by atoms with Crippen LogP contribution in [-0.4, -0.2) is 10.5 Å². The van der Waals surface area contributed by atoms with Gasteiger partial charge in [0, 0.05) is 12.7 Å². The molecule has 0 spiro atoms. The summed E-state index contributed by atoms with van der Waals surface area (Å²) in [5.74, 6) is -0.296. The summed E-state index contributed by atoms with van der Waals surface area (Å²) in [4.78, 5) is 12.4. The number of rotatable bonds is 3. The second kappa shape index (κ2) is 5.64. The number of esters is 1. The highest BCUT2D eigenvalue weighted by Gasteiger charge is 2.25. The van der Waals surface area contributed by atoms with Gasteiger partial charge in [-0.2, -0.15) is 0 Å². The summed E-state index contributed by atoms with van der Waals surface area (Å²) in [6.07, 6.45) is 4.61. The van der Waals surface area contributed by atoms with Gasteiger partial charge in [-0.3, -0.25) is 0 Å². The molecule has 0 bridgehead atoms. The van der Waals surface area contributed by atoms with Crippen LogP contribution in [0.2, 0.25) is 0 Å². The van der Waals surface area contributed by atoms with Crippen molar-refractivity contribution in [2.45, 2.75) is 38.8 Å². The van der Waals surface area contributed by atoms with E-state index in [1.807, 2.05) is 23.6 Å². The van der Waals surface area contributed by atoms with E-state index in [1.165, 1.54) is 5.56 Å². The number of anilines is 1. The van der Waals surface area contributed by atoms with Crippen LogP contribution in [0.4, 0.5) is 5.69 Å². The Kier molecular flexibility index (Phi) is 3.69. The minimum atomic E-state index is -0.296. The SMILES string of the molecule is CCn1cc(N)cc1C(=O)OC1CCCc2ccccc21. The number of hydrogen-bond donors (Lipinski definition) is 1. The number of aryl methyl sites for hydroxylation is 2. The van der Waals surface area contributed by atoms with E-state index in [0.717, 1.165) is 24.8 Å². The first kappa shape index (κ1) is 13.7. The molecule has 4 heteroatoms. The largest absolute Gasteiger partial charge is 0.453 e. The van der Waals surface area contributed by atoms with Gasteiger partial charge in [0.05, 0.1) is 5.69 Å². The topological polar surface area (TPSA) is 57.2 Å². The van der Waals surface area contributed by atoms with Crippen molar-refractivity contribution < 1.29 is 9.53 Å². The van der Waals surface area contributed by atoms with Crippen molar-refractivity contribution in [3.8, 4) is 0 Å². The summed E-state index contributed by atoms with van der Waals surface area (Å²) in [6, 6.07) is 9.88. The van der Waals surface area contributed by atoms with Gasteiger partial charge in [-0.15, -0.1) is 0 Å². The van der Waals surface area contributed by atoms with Crippen LogP contribution in [0.5, 0.6) is 0 Å². The molecule has 2 N–H and O–H groups in total. The van der Waals surface area contributed by atoms with Crippen LogP contribution in [0.25, 0.3) is 0 Å². The Morgan fingerprint density at radius 3 is 3.05 bits per heavy atom. The standard InChI is InChI=1S/C17H20N2O2/c1-2-19-11-13(18)10-15(19)17(20)21-16-9-5-7-12-6-3-4-8-14(12)16/h3-4,6,8,10-11,16H,2,5,7,9,18H2,1H3. The Bertz CT molecular complexity index is 661. The summed E-state index contributed by atoms with van der Waals surface area (Å²) in [5.41, 5.74) is 9.31. The van der Waals surface area contributed by atoms with Crippen molar-refractivity contribution in [3.63, 3.8) is 0 Å². The number of benzene rings is 1. The van der Waals surface area contributed by atoms with E-state index >= 15 is 0 Å². The normalized spacial score (nSPS) is 17.3. The fourth-order valence-electron chi connectivity index (χ4n) is 2.99. The van der Waals surface area contributed by atoms with Crippen molar-refractivity contribution in [1.82, 2.24) is 4.57 Å². The molecule has 0 radical (unpaired) electrons. The number of nitrogens with zero attached hydrogens (tertiary/aromatic N) is 1. The van der Waals surface area contributed by atoms with Crippen LogP contribution in [0.15, 0.2) is 36.5 Å². The molecule has 0 fully saturated rings. The van der Waals surface area contributed by atoms with Gasteiger partial charge >= 0.3 is 5.97 Å². The quantitative estimate of drug-likeness (QED) is 0.880. The lowest BCUT2D eigenvalue weighted by Crippen LogP contribution is -2.18. The number of carbonyl (C=O) groups excluding carboxylic acids is 1. The predicted molar refractivity (Wildman–Crippen MR) is 82.1 cm³/mol. The molecule has 1 aliphatic rings. The Morgan fingerprint density at radius 1 is 1.43 bits per heavy atom. The second-order valence-corrected chi connectivity index (χ2v) is 5.43. The number of fused-ring (bicyclic) bond motifs is 1. The molecule has 21 heavy (non-hydrogen) atoms. The molecule has 1 unspecified atom stereocenters. The van der Waals surface area contributed by atoms with Gasteiger partial charge in [-0.25, -0.2) is 4.79 Å². The fraction of sp³-hybridized carbons (Fsp3) is 0.353. The molecule has 0 saturated heterocycles. The van der Waals surface area contributed by atoms with Crippen molar-refractivity contribution >= 4 is 11.7 Å². The Hall–Kier alpha value is -2.23. The third-order valence-electron chi connectivity index (χ3n) is 4.03. The lowest BCUT2D eigenvalue weighted by molar-refractivity contribution is 0.0244. The lowest BCUT2D eigenvalue weighted by atomic mass is 9.89. The fourth-order valence-corrected chi connectivity index (χ4v) is 2.99. The van der Waals surface area contributed by atoms with E-state index in [-0.39, 0.29) is 12.1 Å². The highest BCUT2D eigenvalue weighted by atomic mass is 16.5. The van der Waals surface area contributed by atoms with Gasteiger partial charge in [0.25, 0.3) is 0 Å². The summed E-state index contributed by atoms with van der Waals surface area (Å²) in [7, 11) is 0. The summed E-state index contributed by atoms with van der Waals surface area (Å²) in [6.45, 7) is 2.68. The zero-order valence-corrected chi connectivity index (χ0v) is 12.2. The van der Waals surface area contributed by atoms with Gasteiger partial charge in [0.15, 0.2) is 0 Å². The maximum Gasteiger partial charge on any atom is 0.355 e. The van der Waals surface area contributed by atoms with Crippen LogP contribution in [-0.2, 0) is 17.7 Å². The molecular weight excluding hydrogens is 264 g/mol. The predicted octanol–water partition coefficient (Wildman–Crippen LogP) is 3.32. The number of hydrogen-bond acceptors (Lipinski definition) is 3. The number of carbonyl (C=O) groups is 1. The van der Waals surface area contributed by atoms with Crippen LogP contribution < -0.4 is 5.73 Å². The average molecular weight is 284 g/mol. The summed E-state index contributed by atoms with van der Waals surface area (Å²) >= 11 is 0. The molecule has 1 atom stereocenters. The first-order valence-electron chi connectivity index (χ1n) is 7.43. The van der Waals surface area contributed by atoms with Gasteiger partial charge in [0.2, 0.25) is 0 Å². The lowest BCUT2D eigenvalue weighted by Gasteiger charge is -2.25. The van der Waals surface area contributed by atoms with Gasteiger partial charge < -0.3 is 15.0 Å². The van der Waals surface area contributed by atoms with E-state index in [2.05, 4.69) is 12.1 Å². The van der Waals surface area contributed by atoms with E-state index in [9.17, 15) is 4.79 Å². The molecule has 4 nitrogen and oxygen atoms in total. The highest BCUT2D eigenvalue weighted by molar-refractivity contribution is 5.89. The molecule has 1 heterocycles. The Balaban J connectivity index is 1.82. The van der Waals surface area contributed by atoms with Crippen LogP contribution in [0.1, 0.15) is 47.5 Å². The number of aromatic nitrogens is 1. The number of nitrogens with two attached hydrogens (primary N) is 1. The van der Waals surface area contributed by atoms with Crippen molar-refractivity contribution in [2.75, 3.05) is 5.73 Å². The highest BCUT2D eigenvalue weighted by Crippen LogP contribution is 2.33.